The van der Waals surface area contributed by atoms with Crippen molar-refractivity contribution >= 4 is 11.2 Å². The van der Waals surface area contributed by atoms with Gasteiger partial charge in [-0.25, -0.2) is 14.4 Å². The largest absolute Gasteiger partial charge is 0.497 e. The van der Waals surface area contributed by atoms with Crippen molar-refractivity contribution in [3.63, 3.8) is 0 Å². The van der Waals surface area contributed by atoms with Crippen LogP contribution in [0.5, 0.6) is 5.75 Å². The van der Waals surface area contributed by atoms with Crippen molar-refractivity contribution in [2.24, 2.45) is 0 Å². The highest BCUT2D eigenvalue weighted by Crippen LogP contribution is 2.23. The SMILES string of the molecule is COc1ccc(C(O)c2nc3cc(F)cnc3[nH]2)cc1. The lowest BCUT2D eigenvalue weighted by Crippen LogP contribution is -2.01. The molecule has 2 N–H and O–H groups in total. The van der Waals surface area contributed by atoms with Gasteiger partial charge in [-0.2, -0.15) is 0 Å². The van der Waals surface area contributed by atoms with Gasteiger partial charge in [0.2, 0.25) is 0 Å². The van der Waals surface area contributed by atoms with Gasteiger partial charge in [0.1, 0.15) is 29.0 Å². The van der Waals surface area contributed by atoms with Crippen LogP contribution in [0.1, 0.15) is 17.5 Å². The molecule has 5 nitrogen and oxygen atoms in total. The molecule has 2 heterocycles. The summed E-state index contributed by atoms with van der Waals surface area (Å²) in [5.74, 6) is 0.562. The molecular formula is C14H12FN3O2. The van der Waals surface area contributed by atoms with E-state index in [1.54, 1.807) is 31.4 Å². The number of aromatic amines is 1. The number of H-pyrrole nitrogens is 1. The molecule has 0 saturated heterocycles. The van der Waals surface area contributed by atoms with Gasteiger partial charge in [-0.3, -0.25) is 0 Å². The Bertz CT molecular complexity index is 740. The molecule has 1 unspecified atom stereocenters. The minimum absolute atomic E-state index is 0.322. The number of aliphatic hydroxyl groups is 1. The Morgan fingerprint density at radius 3 is 2.75 bits per heavy atom. The highest BCUT2D eigenvalue weighted by atomic mass is 19.1. The Labute approximate surface area is 114 Å². The van der Waals surface area contributed by atoms with Crippen LogP contribution in [0.4, 0.5) is 4.39 Å². The summed E-state index contributed by atoms with van der Waals surface area (Å²) in [7, 11) is 1.57. The van der Waals surface area contributed by atoms with E-state index >= 15 is 0 Å². The van der Waals surface area contributed by atoms with E-state index in [0.717, 1.165) is 6.20 Å². The maximum Gasteiger partial charge on any atom is 0.157 e. The van der Waals surface area contributed by atoms with Gasteiger partial charge in [0.25, 0.3) is 0 Å². The number of pyridine rings is 1. The molecule has 1 atom stereocenters. The van der Waals surface area contributed by atoms with Crippen molar-refractivity contribution in [1.82, 2.24) is 15.0 Å². The number of hydrogen-bond acceptors (Lipinski definition) is 4. The predicted octanol–water partition coefficient (Wildman–Crippen LogP) is 2.19. The van der Waals surface area contributed by atoms with E-state index in [9.17, 15) is 9.50 Å². The van der Waals surface area contributed by atoms with Crippen molar-refractivity contribution in [2.75, 3.05) is 7.11 Å². The lowest BCUT2D eigenvalue weighted by Gasteiger charge is -2.08. The van der Waals surface area contributed by atoms with Crippen LogP contribution in [0, 0.1) is 5.82 Å². The summed E-state index contributed by atoms with van der Waals surface area (Å²) in [5, 5.41) is 10.3. The second-order valence-electron chi connectivity index (χ2n) is 4.32. The van der Waals surface area contributed by atoms with Crippen LogP contribution in [0.2, 0.25) is 0 Å². The topological polar surface area (TPSA) is 71.0 Å². The molecule has 0 aliphatic heterocycles. The Morgan fingerprint density at radius 2 is 2.05 bits per heavy atom. The number of fused-ring (bicyclic) bond motifs is 1. The number of rotatable bonds is 3. The maximum atomic E-state index is 13.1. The number of aliphatic hydroxyl groups excluding tert-OH is 1. The summed E-state index contributed by atoms with van der Waals surface area (Å²) in [5.41, 5.74) is 1.48. The fourth-order valence-corrected chi connectivity index (χ4v) is 1.96. The molecule has 1 aromatic carbocycles. The number of methoxy groups -OCH3 is 1. The molecule has 102 valence electrons. The lowest BCUT2D eigenvalue weighted by atomic mass is 10.1. The van der Waals surface area contributed by atoms with E-state index in [4.69, 9.17) is 4.74 Å². The van der Waals surface area contributed by atoms with Crippen LogP contribution in [-0.2, 0) is 0 Å². The first-order chi connectivity index (χ1) is 9.67. The van der Waals surface area contributed by atoms with Crippen molar-refractivity contribution in [3.05, 3.63) is 53.7 Å². The molecule has 0 amide bonds. The number of nitrogens with one attached hydrogen (secondary N) is 1. The minimum atomic E-state index is -0.932. The number of hydrogen-bond donors (Lipinski definition) is 2. The first-order valence-corrected chi connectivity index (χ1v) is 6.00. The van der Waals surface area contributed by atoms with Crippen molar-refractivity contribution in [2.45, 2.75) is 6.10 Å². The predicted molar refractivity (Wildman–Crippen MR) is 70.9 cm³/mol. The number of aromatic nitrogens is 3. The average Bonchev–Trinajstić information content (AvgIpc) is 2.89. The van der Waals surface area contributed by atoms with E-state index in [-0.39, 0.29) is 0 Å². The van der Waals surface area contributed by atoms with Crippen molar-refractivity contribution in [1.29, 1.82) is 0 Å². The highest BCUT2D eigenvalue weighted by Gasteiger charge is 2.15. The van der Waals surface area contributed by atoms with Gasteiger partial charge in [-0.15, -0.1) is 0 Å². The van der Waals surface area contributed by atoms with Gasteiger partial charge in [0, 0.05) is 6.07 Å². The second kappa shape index (κ2) is 4.90. The van der Waals surface area contributed by atoms with E-state index in [1.807, 2.05) is 0 Å². The number of ether oxygens (including phenoxy) is 1. The van der Waals surface area contributed by atoms with Gasteiger partial charge in [0.15, 0.2) is 5.65 Å². The summed E-state index contributed by atoms with van der Waals surface area (Å²) in [4.78, 5) is 10.9. The molecular weight excluding hydrogens is 261 g/mol. The van der Waals surface area contributed by atoms with Crippen LogP contribution in [0.15, 0.2) is 36.5 Å². The second-order valence-corrected chi connectivity index (χ2v) is 4.32. The standard InChI is InChI=1S/C14H12FN3O2/c1-20-10-4-2-8(3-5-10)12(19)14-17-11-6-9(15)7-16-13(11)18-14/h2-7,12,19H,1H3,(H,16,17,18). The zero-order valence-electron chi connectivity index (χ0n) is 10.7. The molecule has 0 aliphatic carbocycles. The molecule has 0 saturated carbocycles. The van der Waals surface area contributed by atoms with Crippen LogP contribution < -0.4 is 4.74 Å². The average molecular weight is 273 g/mol. The molecule has 2 aromatic heterocycles. The monoisotopic (exact) mass is 273 g/mol. The van der Waals surface area contributed by atoms with Crippen LogP contribution in [0.3, 0.4) is 0 Å². The minimum Gasteiger partial charge on any atom is -0.497 e. The third-order valence-electron chi connectivity index (χ3n) is 3.01. The van der Waals surface area contributed by atoms with Crippen LogP contribution >= 0.6 is 0 Å². The summed E-state index contributed by atoms with van der Waals surface area (Å²) in [6, 6.07) is 8.25. The molecule has 0 radical (unpaired) electrons. The Morgan fingerprint density at radius 1 is 1.30 bits per heavy atom. The summed E-state index contributed by atoms with van der Waals surface area (Å²) in [6.45, 7) is 0. The molecule has 0 spiro atoms. The number of benzene rings is 1. The summed E-state index contributed by atoms with van der Waals surface area (Å²) >= 11 is 0. The quantitative estimate of drug-likeness (QED) is 0.767. The number of nitrogens with zero attached hydrogens (tertiary/aromatic N) is 2. The number of imidazole rings is 1. The van der Waals surface area contributed by atoms with E-state index < -0.39 is 11.9 Å². The van der Waals surface area contributed by atoms with E-state index in [1.165, 1.54) is 6.07 Å². The third-order valence-corrected chi connectivity index (χ3v) is 3.01. The van der Waals surface area contributed by atoms with Gasteiger partial charge in [0.05, 0.1) is 13.3 Å². The Hall–Kier alpha value is -2.47. The molecule has 20 heavy (non-hydrogen) atoms. The van der Waals surface area contributed by atoms with Gasteiger partial charge in [-0.1, -0.05) is 12.1 Å². The van der Waals surface area contributed by atoms with Gasteiger partial charge < -0.3 is 14.8 Å². The molecule has 0 aliphatic rings. The van der Waals surface area contributed by atoms with Gasteiger partial charge >= 0.3 is 0 Å². The van der Waals surface area contributed by atoms with Crippen molar-refractivity contribution < 1.29 is 14.2 Å². The zero-order chi connectivity index (χ0) is 14.1. The normalized spacial score (nSPS) is 12.6. The maximum absolute atomic E-state index is 13.1. The fraction of sp³-hybridized carbons (Fsp3) is 0.143. The van der Waals surface area contributed by atoms with E-state index in [0.29, 0.717) is 28.3 Å². The van der Waals surface area contributed by atoms with Crippen LogP contribution in [-0.4, -0.2) is 27.2 Å². The lowest BCUT2D eigenvalue weighted by molar-refractivity contribution is 0.211. The zero-order valence-corrected chi connectivity index (χ0v) is 10.7. The first-order valence-electron chi connectivity index (χ1n) is 6.00. The molecule has 0 fully saturated rings. The summed E-state index contributed by atoms with van der Waals surface area (Å²) in [6.07, 6.45) is 0.169. The smallest absolute Gasteiger partial charge is 0.157 e. The first kappa shape index (κ1) is 12.6. The van der Waals surface area contributed by atoms with Gasteiger partial charge in [-0.05, 0) is 17.7 Å². The molecule has 3 rings (SSSR count). The summed E-state index contributed by atoms with van der Waals surface area (Å²) < 4.78 is 18.1. The van der Waals surface area contributed by atoms with E-state index in [2.05, 4.69) is 15.0 Å². The molecule has 0 bridgehead atoms. The fourth-order valence-electron chi connectivity index (χ4n) is 1.96. The highest BCUT2D eigenvalue weighted by molar-refractivity contribution is 5.70. The Balaban J connectivity index is 1.96. The molecule has 6 heteroatoms. The Kier molecular flexibility index (Phi) is 3.08. The number of halogens is 1. The third kappa shape index (κ3) is 2.21. The van der Waals surface area contributed by atoms with Crippen molar-refractivity contribution in [3.8, 4) is 5.75 Å². The molecule has 3 aromatic rings. The van der Waals surface area contributed by atoms with Crippen LogP contribution in [0.25, 0.3) is 11.2 Å².